The van der Waals surface area contributed by atoms with Gasteiger partial charge in [0.2, 0.25) is 0 Å². The van der Waals surface area contributed by atoms with Crippen LogP contribution in [0, 0.1) is 25.2 Å². The van der Waals surface area contributed by atoms with Gasteiger partial charge in [-0.2, -0.15) is 5.26 Å². The van der Waals surface area contributed by atoms with E-state index in [1.54, 1.807) is 0 Å². The van der Waals surface area contributed by atoms with E-state index in [4.69, 9.17) is 9.47 Å². The predicted octanol–water partition coefficient (Wildman–Crippen LogP) is 1.57. The maximum Gasteiger partial charge on any atom is 0.111 e. The standard InChI is InChI=1S/C15H19N3O2/c1-11-7-14(13(8-16)12(2)17-11)18-4-6-20-15(9-18)3-5-19-10-15/h7H,3-6,9-10H2,1-2H3. The second kappa shape index (κ2) is 5.04. The average Bonchev–Trinajstić information content (AvgIpc) is 2.86. The Balaban J connectivity index is 1.94. The first kappa shape index (κ1) is 13.3. The van der Waals surface area contributed by atoms with Gasteiger partial charge < -0.3 is 14.4 Å². The van der Waals surface area contributed by atoms with Crippen LogP contribution in [0.4, 0.5) is 5.69 Å². The van der Waals surface area contributed by atoms with Crippen molar-refractivity contribution in [2.75, 3.05) is 37.8 Å². The number of pyridine rings is 1. The van der Waals surface area contributed by atoms with Gasteiger partial charge in [-0.05, 0) is 19.9 Å². The topological polar surface area (TPSA) is 58.4 Å². The van der Waals surface area contributed by atoms with Crippen LogP contribution >= 0.6 is 0 Å². The van der Waals surface area contributed by atoms with E-state index in [9.17, 15) is 5.26 Å². The number of anilines is 1. The minimum atomic E-state index is -0.198. The molecule has 1 atom stereocenters. The lowest BCUT2D eigenvalue weighted by atomic mass is 9.99. The first-order valence-corrected chi connectivity index (χ1v) is 6.99. The number of rotatable bonds is 1. The summed E-state index contributed by atoms with van der Waals surface area (Å²) in [4.78, 5) is 6.63. The Hall–Kier alpha value is -1.64. The highest BCUT2D eigenvalue weighted by atomic mass is 16.6. The SMILES string of the molecule is Cc1cc(N2CCOC3(CCOC3)C2)c(C#N)c(C)n1. The van der Waals surface area contributed by atoms with Gasteiger partial charge in [-0.25, -0.2) is 0 Å². The first-order valence-electron chi connectivity index (χ1n) is 6.99. The summed E-state index contributed by atoms with van der Waals surface area (Å²) in [7, 11) is 0. The zero-order valence-corrected chi connectivity index (χ0v) is 12.0. The molecule has 0 aliphatic carbocycles. The van der Waals surface area contributed by atoms with Crippen LogP contribution in [-0.2, 0) is 9.47 Å². The number of aromatic nitrogens is 1. The van der Waals surface area contributed by atoms with Gasteiger partial charge in [0.25, 0.3) is 0 Å². The maximum absolute atomic E-state index is 9.41. The normalized spacial score (nSPS) is 25.9. The fourth-order valence-corrected chi connectivity index (χ4v) is 3.07. The van der Waals surface area contributed by atoms with Crippen molar-refractivity contribution in [3.8, 4) is 6.07 Å². The fourth-order valence-electron chi connectivity index (χ4n) is 3.07. The Morgan fingerprint density at radius 2 is 2.25 bits per heavy atom. The molecule has 106 valence electrons. The average molecular weight is 273 g/mol. The molecule has 1 aromatic rings. The Bertz CT molecular complexity index is 559. The molecule has 0 radical (unpaired) electrons. The highest BCUT2D eigenvalue weighted by molar-refractivity contribution is 5.62. The lowest BCUT2D eigenvalue weighted by Gasteiger charge is -2.41. The van der Waals surface area contributed by atoms with Crippen LogP contribution in [-0.4, -0.2) is 43.5 Å². The predicted molar refractivity (Wildman–Crippen MR) is 74.8 cm³/mol. The Labute approximate surface area is 119 Å². The molecule has 0 aromatic carbocycles. The molecule has 0 bridgehead atoms. The summed E-state index contributed by atoms with van der Waals surface area (Å²) in [6, 6.07) is 4.29. The van der Waals surface area contributed by atoms with Crippen molar-refractivity contribution in [3.63, 3.8) is 0 Å². The van der Waals surface area contributed by atoms with E-state index in [1.807, 2.05) is 19.9 Å². The quantitative estimate of drug-likeness (QED) is 0.777. The van der Waals surface area contributed by atoms with Gasteiger partial charge in [0, 0.05) is 31.8 Å². The van der Waals surface area contributed by atoms with E-state index in [0.29, 0.717) is 18.8 Å². The summed E-state index contributed by atoms with van der Waals surface area (Å²) in [5.41, 5.74) is 3.19. The lowest BCUT2D eigenvalue weighted by Crippen LogP contribution is -2.52. The molecule has 5 nitrogen and oxygen atoms in total. The molecule has 0 saturated carbocycles. The second-order valence-electron chi connectivity index (χ2n) is 5.61. The molecular formula is C15H19N3O2. The maximum atomic E-state index is 9.41. The second-order valence-corrected chi connectivity index (χ2v) is 5.61. The van der Waals surface area contributed by atoms with E-state index >= 15 is 0 Å². The van der Waals surface area contributed by atoms with Crippen molar-refractivity contribution >= 4 is 5.69 Å². The summed E-state index contributed by atoms with van der Waals surface area (Å²) >= 11 is 0. The smallest absolute Gasteiger partial charge is 0.111 e. The van der Waals surface area contributed by atoms with Crippen molar-refractivity contribution in [1.82, 2.24) is 4.98 Å². The third-order valence-corrected chi connectivity index (χ3v) is 4.08. The van der Waals surface area contributed by atoms with Crippen LogP contribution in [0.2, 0.25) is 0 Å². The molecule has 2 fully saturated rings. The Kier molecular flexibility index (Phi) is 3.36. The molecule has 0 N–H and O–H groups in total. The summed E-state index contributed by atoms with van der Waals surface area (Å²) in [5, 5.41) is 9.41. The zero-order valence-electron chi connectivity index (χ0n) is 12.0. The van der Waals surface area contributed by atoms with Gasteiger partial charge in [-0.15, -0.1) is 0 Å². The van der Waals surface area contributed by atoms with E-state index in [0.717, 1.165) is 43.2 Å². The number of aryl methyl sites for hydroxylation is 2. The highest BCUT2D eigenvalue weighted by Gasteiger charge is 2.41. The molecule has 0 amide bonds. The van der Waals surface area contributed by atoms with Gasteiger partial charge >= 0.3 is 0 Å². The van der Waals surface area contributed by atoms with Crippen molar-refractivity contribution in [1.29, 1.82) is 5.26 Å². The van der Waals surface area contributed by atoms with Gasteiger partial charge in [-0.3, -0.25) is 4.98 Å². The molecule has 2 aliphatic rings. The van der Waals surface area contributed by atoms with Crippen LogP contribution in [0.5, 0.6) is 0 Å². The molecular weight excluding hydrogens is 254 g/mol. The van der Waals surface area contributed by atoms with Crippen LogP contribution in [0.3, 0.4) is 0 Å². The largest absolute Gasteiger partial charge is 0.378 e. The van der Waals surface area contributed by atoms with Crippen LogP contribution < -0.4 is 4.90 Å². The Morgan fingerprint density at radius 3 is 2.95 bits per heavy atom. The molecule has 1 aromatic heterocycles. The number of ether oxygens (including phenoxy) is 2. The molecule has 1 unspecified atom stereocenters. The molecule has 3 heterocycles. The van der Waals surface area contributed by atoms with E-state index in [-0.39, 0.29) is 5.60 Å². The molecule has 3 rings (SSSR count). The van der Waals surface area contributed by atoms with E-state index < -0.39 is 0 Å². The molecule has 20 heavy (non-hydrogen) atoms. The van der Waals surface area contributed by atoms with Crippen molar-refractivity contribution < 1.29 is 9.47 Å². The fraction of sp³-hybridized carbons (Fsp3) is 0.600. The molecule has 2 saturated heterocycles. The zero-order chi connectivity index (χ0) is 14.2. The third kappa shape index (κ3) is 2.26. The van der Waals surface area contributed by atoms with Gasteiger partial charge in [-0.1, -0.05) is 0 Å². The minimum Gasteiger partial charge on any atom is -0.378 e. The van der Waals surface area contributed by atoms with E-state index in [1.165, 1.54) is 0 Å². The van der Waals surface area contributed by atoms with Crippen molar-refractivity contribution in [2.24, 2.45) is 0 Å². The highest BCUT2D eigenvalue weighted by Crippen LogP contribution is 2.32. The summed E-state index contributed by atoms with van der Waals surface area (Å²) < 4.78 is 11.4. The van der Waals surface area contributed by atoms with E-state index in [2.05, 4.69) is 16.0 Å². The molecule has 2 aliphatic heterocycles. The lowest BCUT2D eigenvalue weighted by molar-refractivity contribution is -0.0579. The Morgan fingerprint density at radius 1 is 1.40 bits per heavy atom. The number of morpholine rings is 1. The number of nitriles is 1. The summed E-state index contributed by atoms with van der Waals surface area (Å²) in [6.45, 7) is 7.52. The van der Waals surface area contributed by atoms with Crippen LogP contribution in [0.15, 0.2) is 6.07 Å². The van der Waals surface area contributed by atoms with Gasteiger partial charge in [0.05, 0.1) is 30.2 Å². The minimum absolute atomic E-state index is 0.198. The van der Waals surface area contributed by atoms with Crippen molar-refractivity contribution in [2.45, 2.75) is 25.9 Å². The van der Waals surface area contributed by atoms with Crippen LogP contribution in [0.1, 0.15) is 23.4 Å². The number of hydrogen-bond acceptors (Lipinski definition) is 5. The van der Waals surface area contributed by atoms with Crippen LogP contribution in [0.25, 0.3) is 0 Å². The molecule has 5 heteroatoms. The van der Waals surface area contributed by atoms with Crippen molar-refractivity contribution in [3.05, 3.63) is 23.0 Å². The summed E-state index contributed by atoms with van der Waals surface area (Å²) in [5.74, 6) is 0. The van der Waals surface area contributed by atoms with Gasteiger partial charge in [0.15, 0.2) is 0 Å². The summed E-state index contributed by atoms with van der Waals surface area (Å²) in [6.07, 6.45) is 0.925. The molecule has 1 spiro atoms. The number of hydrogen-bond donors (Lipinski definition) is 0. The van der Waals surface area contributed by atoms with Gasteiger partial charge in [0.1, 0.15) is 11.7 Å². The number of nitrogens with zero attached hydrogens (tertiary/aromatic N) is 3. The first-order chi connectivity index (χ1) is 9.63. The third-order valence-electron chi connectivity index (χ3n) is 4.08. The monoisotopic (exact) mass is 273 g/mol.